The number of nitrogens with zero attached hydrogens (tertiary/aromatic N) is 3. The van der Waals surface area contributed by atoms with Gasteiger partial charge in [-0.25, -0.2) is 0 Å². The van der Waals surface area contributed by atoms with Gasteiger partial charge in [-0.15, -0.1) is 10.2 Å². The van der Waals surface area contributed by atoms with E-state index >= 15 is 0 Å². The third-order valence-corrected chi connectivity index (χ3v) is 3.88. The van der Waals surface area contributed by atoms with Gasteiger partial charge in [-0.05, 0) is 18.6 Å². The zero-order valence-corrected chi connectivity index (χ0v) is 12.6. The van der Waals surface area contributed by atoms with Gasteiger partial charge < -0.3 is 19.4 Å². The van der Waals surface area contributed by atoms with Gasteiger partial charge in [0.25, 0.3) is 0 Å². The van der Waals surface area contributed by atoms with Crippen LogP contribution in [0.15, 0.2) is 18.2 Å². The molecule has 6 nitrogen and oxygen atoms in total. The van der Waals surface area contributed by atoms with Crippen LogP contribution in [-0.4, -0.2) is 35.5 Å². The van der Waals surface area contributed by atoms with Crippen molar-refractivity contribution in [3.05, 3.63) is 24.0 Å². The highest BCUT2D eigenvalue weighted by Crippen LogP contribution is 2.34. The quantitative estimate of drug-likeness (QED) is 0.932. The number of benzene rings is 1. The summed E-state index contributed by atoms with van der Waals surface area (Å²) in [4.78, 5) is 0. The van der Waals surface area contributed by atoms with Gasteiger partial charge in [0.2, 0.25) is 0 Å². The second-order valence-corrected chi connectivity index (χ2v) is 5.01. The molecule has 0 amide bonds. The molecule has 1 aromatic heterocycles. The average Bonchev–Trinajstić information content (AvgIpc) is 2.98. The van der Waals surface area contributed by atoms with Crippen molar-refractivity contribution in [1.29, 1.82) is 0 Å². The molecule has 2 aromatic rings. The van der Waals surface area contributed by atoms with Crippen molar-refractivity contribution >= 4 is 0 Å². The molecule has 1 aliphatic rings. The van der Waals surface area contributed by atoms with Crippen molar-refractivity contribution in [3.8, 4) is 22.9 Å². The molecule has 0 saturated heterocycles. The normalized spacial score (nSPS) is 17.4. The van der Waals surface area contributed by atoms with Crippen molar-refractivity contribution in [2.45, 2.75) is 25.9 Å². The smallest absolute Gasteiger partial charge is 0.167 e. The van der Waals surface area contributed by atoms with Crippen LogP contribution < -0.4 is 14.8 Å². The first-order valence-corrected chi connectivity index (χ1v) is 7.17. The van der Waals surface area contributed by atoms with Gasteiger partial charge in [-0.3, -0.25) is 0 Å². The van der Waals surface area contributed by atoms with Crippen LogP contribution in [0.4, 0.5) is 0 Å². The number of aromatic nitrogens is 3. The molecule has 21 heavy (non-hydrogen) atoms. The summed E-state index contributed by atoms with van der Waals surface area (Å²) < 4.78 is 12.9. The highest BCUT2D eigenvalue weighted by Gasteiger charge is 2.25. The summed E-state index contributed by atoms with van der Waals surface area (Å²) in [6.07, 6.45) is 0.998. The van der Waals surface area contributed by atoms with Crippen molar-refractivity contribution in [2.75, 3.05) is 20.8 Å². The zero-order valence-electron chi connectivity index (χ0n) is 12.6. The molecular weight excluding hydrogens is 268 g/mol. The van der Waals surface area contributed by atoms with Crippen LogP contribution in [0.1, 0.15) is 25.2 Å². The SMILES string of the molecule is CCC1NCCn2c(-c3ccc(OC)cc3OC)nnc21. The third-order valence-electron chi connectivity index (χ3n) is 3.88. The molecule has 1 unspecified atom stereocenters. The molecule has 1 N–H and O–H groups in total. The van der Waals surface area contributed by atoms with E-state index in [0.29, 0.717) is 0 Å². The van der Waals surface area contributed by atoms with Crippen LogP contribution in [0.2, 0.25) is 0 Å². The van der Waals surface area contributed by atoms with Crippen molar-refractivity contribution in [2.24, 2.45) is 0 Å². The topological polar surface area (TPSA) is 61.2 Å². The van der Waals surface area contributed by atoms with E-state index in [-0.39, 0.29) is 6.04 Å². The van der Waals surface area contributed by atoms with Gasteiger partial charge in [0, 0.05) is 19.2 Å². The largest absolute Gasteiger partial charge is 0.497 e. The molecule has 0 fully saturated rings. The highest BCUT2D eigenvalue weighted by molar-refractivity contribution is 5.66. The lowest BCUT2D eigenvalue weighted by Gasteiger charge is -2.24. The van der Waals surface area contributed by atoms with E-state index in [0.717, 1.165) is 48.2 Å². The molecule has 0 radical (unpaired) electrons. The minimum Gasteiger partial charge on any atom is -0.497 e. The standard InChI is InChI=1S/C15H20N4O2/c1-4-12-15-18-17-14(19(15)8-7-16-12)11-6-5-10(20-2)9-13(11)21-3/h5-6,9,12,16H,4,7-8H2,1-3H3. The summed E-state index contributed by atoms with van der Waals surface area (Å²) in [5.41, 5.74) is 0.939. The molecule has 3 rings (SSSR count). The minimum absolute atomic E-state index is 0.268. The van der Waals surface area contributed by atoms with E-state index in [2.05, 4.69) is 27.0 Å². The fourth-order valence-corrected chi connectivity index (χ4v) is 2.74. The average molecular weight is 288 g/mol. The van der Waals surface area contributed by atoms with Gasteiger partial charge in [0.15, 0.2) is 11.6 Å². The van der Waals surface area contributed by atoms with Gasteiger partial charge >= 0.3 is 0 Å². The van der Waals surface area contributed by atoms with E-state index in [9.17, 15) is 0 Å². The van der Waals surface area contributed by atoms with Crippen LogP contribution in [0.25, 0.3) is 11.4 Å². The summed E-state index contributed by atoms with van der Waals surface area (Å²) in [5.74, 6) is 3.36. The van der Waals surface area contributed by atoms with E-state index in [1.54, 1.807) is 14.2 Å². The maximum atomic E-state index is 5.48. The Labute approximate surface area is 124 Å². The maximum absolute atomic E-state index is 5.48. The van der Waals surface area contributed by atoms with E-state index < -0.39 is 0 Å². The minimum atomic E-state index is 0.268. The molecule has 2 heterocycles. The van der Waals surface area contributed by atoms with Crippen LogP contribution in [0.3, 0.4) is 0 Å². The van der Waals surface area contributed by atoms with Gasteiger partial charge in [-0.2, -0.15) is 0 Å². The predicted octanol–water partition coefficient (Wildman–Crippen LogP) is 2.02. The Morgan fingerprint density at radius 1 is 1.29 bits per heavy atom. The van der Waals surface area contributed by atoms with E-state index in [1.165, 1.54) is 0 Å². The number of hydrogen-bond donors (Lipinski definition) is 1. The summed E-state index contributed by atoms with van der Waals surface area (Å²) in [7, 11) is 3.30. The molecule has 0 bridgehead atoms. The number of fused-ring (bicyclic) bond motifs is 1. The second-order valence-electron chi connectivity index (χ2n) is 5.01. The molecule has 1 atom stereocenters. The molecule has 0 saturated carbocycles. The first-order valence-electron chi connectivity index (χ1n) is 7.17. The zero-order chi connectivity index (χ0) is 14.8. The Hall–Kier alpha value is -2.08. The fourth-order valence-electron chi connectivity index (χ4n) is 2.74. The lowest BCUT2D eigenvalue weighted by Crippen LogP contribution is -2.33. The van der Waals surface area contributed by atoms with Crippen LogP contribution in [-0.2, 0) is 6.54 Å². The highest BCUT2D eigenvalue weighted by atomic mass is 16.5. The van der Waals surface area contributed by atoms with Gasteiger partial charge in [0.05, 0.1) is 25.8 Å². The van der Waals surface area contributed by atoms with Crippen LogP contribution >= 0.6 is 0 Å². The number of methoxy groups -OCH3 is 2. The summed E-state index contributed by atoms with van der Waals surface area (Å²) in [5, 5.41) is 12.2. The van der Waals surface area contributed by atoms with Crippen molar-refractivity contribution in [3.63, 3.8) is 0 Å². The first-order chi connectivity index (χ1) is 10.3. The molecule has 0 aliphatic carbocycles. The van der Waals surface area contributed by atoms with Crippen molar-refractivity contribution in [1.82, 2.24) is 20.1 Å². The molecule has 6 heteroatoms. The van der Waals surface area contributed by atoms with E-state index in [1.807, 2.05) is 18.2 Å². The Morgan fingerprint density at radius 2 is 2.14 bits per heavy atom. The predicted molar refractivity (Wildman–Crippen MR) is 79.6 cm³/mol. The fraction of sp³-hybridized carbons (Fsp3) is 0.467. The lowest BCUT2D eigenvalue weighted by molar-refractivity contribution is 0.393. The summed E-state index contributed by atoms with van der Waals surface area (Å²) in [6, 6.07) is 6.02. The van der Waals surface area contributed by atoms with Gasteiger partial charge in [0.1, 0.15) is 11.5 Å². The lowest BCUT2D eigenvalue weighted by atomic mass is 10.1. The second kappa shape index (κ2) is 5.73. The Bertz CT molecular complexity index is 639. The van der Waals surface area contributed by atoms with Gasteiger partial charge in [-0.1, -0.05) is 6.92 Å². The molecule has 0 spiro atoms. The number of hydrogen-bond acceptors (Lipinski definition) is 5. The molecule has 1 aromatic carbocycles. The molecule has 112 valence electrons. The number of nitrogens with one attached hydrogen (secondary N) is 1. The maximum Gasteiger partial charge on any atom is 0.167 e. The third kappa shape index (κ3) is 2.35. The Kier molecular flexibility index (Phi) is 3.79. The Balaban J connectivity index is 2.07. The van der Waals surface area contributed by atoms with Crippen LogP contribution in [0.5, 0.6) is 11.5 Å². The summed E-state index contributed by atoms with van der Waals surface area (Å²) in [6.45, 7) is 3.94. The summed E-state index contributed by atoms with van der Waals surface area (Å²) >= 11 is 0. The van der Waals surface area contributed by atoms with Crippen molar-refractivity contribution < 1.29 is 9.47 Å². The number of ether oxygens (including phenoxy) is 2. The first kappa shape index (κ1) is 13.9. The molecular formula is C15H20N4O2. The molecule has 1 aliphatic heterocycles. The van der Waals surface area contributed by atoms with E-state index in [4.69, 9.17) is 9.47 Å². The number of rotatable bonds is 4. The van der Waals surface area contributed by atoms with Crippen LogP contribution in [0, 0.1) is 0 Å². The monoisotopic (exact) mass is 288 g/mol. The Morgan fingerprint density at radius 3 is 2.86 bits per heavy atom.